The van der Waals surface area contributed by atoms with Gasteiger partial charge in [0.1, 0.15) is 0 Å². The Labute approximate surface area is 352 Å². The van der Waals surface area contributed by atoms with Gasteiger partial charge in [-0.15, -0.1) is 0 Å². The van der Waals surface area contributed by atoms with Crippen LogP contribution in [0.4, 0.5) is 0 Å². The van der Waals surface area contributed by atoms with E-state index >= 15 is 0 Å². The van der Waals surface area contributed by atoms with E-state index in [9.17, 15) is 25.3 Å². The van der Waals surface area contributed by atoms with Crippen molar-refractivity contribution in [3.8, 4) is 11.1 Å². The number of fused-ring (bicyclic) bond motifs is 1. The number of methoxy groups -OCH3 is 1. The van der Waals surface area contributed by atoms with E-state index in [1.165, 1.54) is 19.2 Å². The molecule has 0 bridgehead atoms. The molecule has 0 radical (unpaired) electrons. The first-order valence-electron chi connectivity index (χ1n) is 18.6. The van der Waals surface area contributed by atoms with Gasteiger partial charge >= 0.3 is 0 Å². The standard InChI is InChI=1S/C40H49Cl2N3O10S3/c1-45-28-38(37-26-33(41)27-40(42)39(37)29-45)32-5-3-6-36(25-32)58(50,51)44-16-19-54-21-23-55-22-20-53-18-15-43-57(48,49)35-13-9-31(10-14-35)30-7-11-34(12-8-30)56(46,47)24-4-17-52-2/h3,5-14,25-27,38,43-44H,4,15-24,28-29H2,1-2H3. The lowest BCUT2D eigenvalue weighted by atomic mass is 9.85. The fourth-order valence-electron chi connectivity index (χ4n) is 6.43. The highest BCUT2D eigenvalue weighted by Crippen LogP contribution is 2.39. The van der Waals surface area contributed by atoms with Gasteiger partial charge in [0.2, 0.25) is 20.0 Å². The van der Waals surface area contributed by atoms with E-state index in [1.54, 1.807) is 60.7 Å². The van der Waals surface area contributed by atoms with E-state index in [2.05, 4.69) is 14.3 Å². The van der Waals surface area contributed by atoms with Crippen molar-refractivity contribution < 1.29 is 44.2 Å². The molecule has 1 atom stereocenters. The van der Waals surface area contributed by atoms with E-state index in [4.69, 9.17) is 42.1 Å². The zero-order valence-electron chi connectivity index (χ0n) is 32.4. The SMILES string of the molecule is COCCCS(=O)(=O)c1ccc(-c2ccc(S(=O)(=O)NCCOCCOCCOCCNS(=O)(=O)c3cccc(C4CN(C)Cc5c(Cl)cc(Cl)cc54)c3)cc2)cc1. The van der Waals surface area contributed by atoms with Gasteiger partial charge < -0.3 is 23.8 Å². The number of sulfone groups is 1. The fourth-order valence-corrected chi connectivity index (χ4v) is 10.4. The molecule has 18 heteroatoms. The van der Waals surface area contributed by atoms with Crippen LogP contribution in [0.5, 0.6) is 0 Å². The Bertz CT molecular complexity index is 2300. The molecule has 1 aliphatic rings. The summed E-state index contributed by atoms with van der Waals surface area (Å²) in [7, 11) is -7.46. The number of nitrogens with one attached hydrogen (secondary N) is 2. The minimum atomic E-state index is -3.79. The highest BCUT2D eigenvalue weighted by molar-refractivity contribution is 7.91. The van der Waals surface area contributed by atoms with Crippen molar-refractivity contribution in [3.05, 3.63) is 112 Å². The molecule has 0 amide bonds. The molecule has 0 aliphatic carbocycles. The Hall–Kier alpha value is -2.97. The third kappa shape index (κ3) is 13.0. The topological polar surface area (TPSA) is 167 Å². The normalized spacial score (nSPS) is 15.1. The number of nitrogens with zero attached hydrogens (tertiary/aromatic N) is 1. The van der Waals surface area contributed by atoms with Gasteiger partial charge in [-0.3, -0.25) is 0 Å². The highest BCUT2D eigenvalue weighted by Gasteiger charge is 2.28. The lowest BCUT2D eigenvalue weighted by Gasteiger charge is -2.33. The molecule has 0 aromatic heterocycles. The Morgan fingerprint density at radius 1 is 0.672 bits per heavy atom. The Morgan fingerprint density at radius 3 is 1.81 bits per heavy atom. The van der Waals surface area contributed by atoms with Crippen molar-refractivity contribution in [3.63, 3.8) is 0 Å². The predicted octanol–water partition coefficient (Wildman–Crippen LogP) is 5.35. The summed E-state index contributed by atoms with van der Waals surface area (Å²) >= 11 is 12.8. The van der Waals surface area contributed by atoms with Gasteiger partial charge in [0.25, 0.3) is 0 Å². The molecule has 13 nitrogen and oxygen atoms in total. The Morgan fingerprint density at radius 2 is 1.22 bits per heavy atom. The zero-order chi connectivity index (χ0) is 41.8. The molecule has 2 N–H and O–H groups in total. The molecule has 316 valence electrons. The van der Waals surface area contributed by atoms with Crippen LogP contribution >= 0.6 is 23.2 Å². The van der Waals surface area contributed by atoms with Crippen molar-refractivity contribution in [2.45, 2.75) is 33.6 Å². The van der Waals surface area contributed by atoms with Crippen LogP contribution in [0, 0.1) is 0 Å². The Kier molecular flexibility index (Phi) is 17.1. The first kappa shape index (κ1) is 46.1. The summed E-state index contributed by atoms with van der Waals surface area (Å²) in [5.41, 5.74) is 4.33. The lowest BCUT2D eigenvalue weighted by molar-refractivity contribution is 0.0167. The number of sulfonamides is 2. The summed E-state index contributed by atoms with van der Waals surface area (Å²) < 4.78 is 103. The molecular formula is C40H49Cl2N3O10S3. The first-order valence-corrected chi connectivity index (χ1v) is 24.0. The van der Waals surface area contributed by atoms with E-state index < -0.39 is 29.9 Å². The van der Waals surface area contributed by atoms with Gasteiger partial charge in [-0.1, -0.05) is 59.6 Å². The van der Waals surface area contributed by atoms with E-state index in [1.807, 2.05) is 19.2 Å². The third-order valence-electron chi connectivity index (χ3n) is 9.36. The van der Waals surface area contributed by atoms with Crippen molar-refractivity contribution in [2.24, 2.45) is 0 Å². The minimum absolute atomic E-state index is 0.00559. The summed E-state index contributed by atoms with van der Waals surface area (Å²) in [5, 5.41) is 1.13. The van der Waals surface area contributed by atoms with Gasteiger partial charge in [0.15, 0.2) is 9.84 Å². The number of rotatable bonds is 23. The second kappa shape index (κ2) is 21.5. The summed E-state index contributed by atoms with van der Waals surface area (Å²) in [6, 6.07) is 23.3. The number of hydrogen-bond donors (Lipinski definition) is 2. The largest absolute Gasteiger partial charge is 0.385 e. The molecule has 0 saturated carbocycles. The Balaban J connectivity index is 0.938. The third-order valence-corrected chi connectivity index (χ3v) is 14.7. The van der Waals surface area contributed by atoms with Crippen LogP contribution < -0.4 is 9.44 Å². The van der Waals surface area contributed by atoms with Crippen molar-refractivity contribution >= 4 is 53.1 Å². The molecular weight excluding hydrogens is 850 g/mol. The number of ether oxygens (including phenoxy) is 4. The second-order valence-corrected chi connectivity index (χ2v) is 20.1. The summed E-state index contributed by atoms with van der Waals surface area (Å²) in [4.78, 5) is 2.62. The van der Waals surface area contributed by atoms with E-state index in [0.717, 1.165) is 27.8 Å². The number of benzene rings is 4. The second-order valence-electron chi connectivity index (χ2n) is 13.6. The van der Waals surface area contributed by atoms with Crippen LogP contribution in [0.2, 0.25) is 10.0 Å². The first-order chi connectivity index (χ1) is 27.7. The van der Waals surface area contributed by atoms with Crippen LogP contribution in [-0.4, -0.2) is 116 Å². The molecule has 58 heavy (non-hydrogen) atoms. The number of hydrogen-bond acceptors (Lipinski definition) is 11. The quantitative estimate of drug-likeness (QED) is 0.0922. The van der Waals surface area contributed by atoms with Gasteiger partial charge in [-0.2, -0.15) is 0 Å². The van der Waals surface area contributed by atoms with E-state index in [-0.39, 0.29) is 79.1 Å². The van der Waals surface area contributed by atoms with Gasteiger partial charge in [0.05, 0.1) is 60.1 Å². The van der Waals surface area contributed by atoms with E-state index in [0.29, 0.717) is 36.2 Å². The molecule has 1 aliphatic heterocycles. The average Bonchev–Trinajstić information content (AvgIpc) is 3.20. The molecule has 0 saturated heterocycles. The zero-order valence-corrected chi connectivity index (χ0v) is 36.3. The molecule has 0 fully saturated rings. The molecule has 5 rings (SSSR count). The fraction of sp³-hybridized carbons (Fsp3) is 0.400. The van der Waals surface area contributed by atoms with Gasteiger partial charge in [0, 0.05) is 55.9 Å². The van der Waals surface area contributed by atoms with Crippen LogP contribution in [0.1, 0.15) is 29.0 Å². The summed E-state index contributed by atoms with van der Waals surface area (Å²) in [5.74, 6) is -0.0992. The summed E-state index contributed by atoms with van der Waals surface area (Å²) in [6.45, 7) is 3.18. The maximum atomic E-state index is 13.1. The van der Waals surface area contributed by atoms with Gasteiger partial charge in [-0.05, 0) is 89.8 Å². The molecule has 0 spiro atoms. The maximum absolute atomic E-state index is 13.1. The molecule has 4 aromatic rings. The van der Waals surface area contributed by atoms with Crippen LogP contribution in [0.25, 0.3) is 11.1 Å². The van der Waals surface area contributed by atoms with Crippen LogP contribution in [0.15, 0.2) is 99.6 Å². The molecule has 1 unspecified atom stereocenters. The van der Waals surface area contributed by atoms with Crippen molar-refractivity contribution in [1.82, 2.24) is 14.3 Å². The lowest BCUT2D eigenvalue weighted by Crippen LogP contribution is -2.31. The van der Waals surface area contributed by atoms with Crippen molar-refractivity contribution in [2.75, 3.05) is 85.8 Å². The summed E-state index contributed by atoms with van der Waals surface area (Å²) in [6.07, 6.45) is 0.406. The highest BCUT2D eigenvalue weighted by atomic mass is 35.5. The predicted molar refractivity (Wildman–Crippen MR) is 224 cm³/mol. The van der Waals surface area contributed by atoms with Crippen LogP contribution in [-0.2, 0) is 55.4 Å². The number of halogens is 2. The molecule has 4 aromatic carbocycles. The van der Waals surface area contributed by atoms with Crippen molar-refractivity contribution in [1.29, 1.82) is 0 Å². The minimum Gasteiger partial charge on any atom is -0.385 e. The molecule has 1 heterocycles. The average molecular weight is 899 g/mol. The van der Waals surface area contributed by atoms with Crippen LogP contribution in [0.3, 0.4) is 0 Å². The van der Waals surface area contributed by atoms with Gasteiger partial charge in [-0.25, -0.2) is 34.7 Å². The maximum Gasteiger partial charge on any atom is 0.240 e. The smallest absolute Gasteiger partial charge is 0.240 e. The monoisotopic (exact) mass is 897 g/mol. The number of likely N-dealkylation sites (N-methyl/N-ethyl adjacent to an activating group) is 1.